The van der Waals surface area contributed by atoms with Crippen molar-refractivity contribution in [3.8, 4) is 0 Å². The van der Waals surface area contributed by atoms with Gasteiger partial charge >= 0.3 is 0 Å². The Kier molecular flexibility index (Phi) is 5.28. The third kappa shape index (κ3) is 4.49. The van der Waals surface area contributed by atoms with E-state index >= 15 is 0 Å². The Labute approximate surface area is 124 Å². The summed E-state index contributed by atoms with van der Waals surface area (Å²) in [5.41, 5.74) is -0.380. The molecule has 0 spiro atoms. The molecular weight excluding hydrogens is 274 g/mol. The maximum Gasteiger partial charge on any atom is 0.238 e. The SMILES string of the molecule is CC1CC(C)CC(NCC(=O)Nc2c(F)cccc2F)C1. The average Bonchev–Trinajstić information content (AvgIpc) is 2.40. The zero-order chi connectivity index (χ0) is 15.4. The molecule has 116 valence electrons. The summed E-state index contributed by atoms with van der Waals surface area (Å²) in [6.45, 7) is 4.48. The minimum Gasteiger partial charge on any atom is -0.320 e. The van der Waals surface area contributed by atoms with Crippen molar-refractivity contribution in [2.75, 3.05) is 11.9 Å². The number of hydrogen-bond donors (Lipinski definition) is 2. The van der Waals surface area contributed by atoms with Gasteiger partial charge in [-0.1, -0.05) is 19.9 Å². The molecule has 0 aromatic heterocycles. The standard InChI is InChI=1S/C16H22F2N2O/c1-10-6-11(2)8-12(7-10)19-9-15(21)20-16-13(17)4-3-5-14(16)18/h3-5,10-12,19H,6-9H2,1-2H3,(H,20,21). The summed E-state index contributed by atoms with van der Waals surface area (Å²) in [5.74, 6) is -0.673. The van der Waals surface area contributed by atoms with E-state index in [1.54, 1.807) is 0 Å². The predicted molar refractivity (Wildman–Crippen MR) is 79.0 cm³/mol. The molecule has 2 atom stereocenters. The van der Waals surface area contributed by atoms with Gasteiger partial charge in [0.15, 0.2) is 0 Å². The Hall–Kier alpha value is -1.49. The number of para-hydroxylation sites is 1. The first-order chi connectivity index (χ1) is 9.95. The monoisotopic (exact) mass is 296 g/mol. The van der Waals surface area contributed by atoms with Crippen LogP contribution < -0.4 is 10.6 Å². The van der Waals surface area contributed by atoms with Crippen molar-refractivity contribution >= 4 is 11.6 Å². The molecule has 1 aromatic carbocycles. The van der Waals surface area contributed by atoms with Crippen molar-refractivity contribution in [2.24, 2.45) is 11.8 Å². The normalized spacial score (nSPS) is 25.6. The van der Waals surface area contributed by atoms with E-state index in [9.17, 15) is 13.6 Å². The van der Waals surface area contributed by atoms with Gasteiger partial charge < -0.3 is 10.6 Å². The van der Waals surface area contributed by atoms with Crippen molar-refractivity contribution in [1.29, 1.82) is 0 Å². The fourth-order valence-electron chi connectivity index (χ4n) is 3.15. The first-order valence-corrected chi connectivity index (χ1v) is 7.43. The zero-order valence-corrected chi connectivity index (χ0v) is 12.5. The van der Waals surface area contributed by atoms with Crippen LogP contribution in [0.1, 0.15) is 33.1 Å². The molecule has 1 fully saturated rings. The fourth-order valence-corrected chi connectivity index (χ4v) is 3.15. The summed E-state index contributed by atoms with van der Waals surface area (Å²) in [5, 5.41) is 5.47. The second-order valence-corrected chi connectivity index (χ2v) is 6.14. The molecule has 1 aromatic rings. The van der Waals surface area contributed by atoms with Crippen LogP contribution in [0.4, 0.5) is 14.5 Å². The number of halogens is 2. The molecule has 2 N–H and O–H groups in total. The van der Waals surface area contributed by atoms with Gasteiger partial charge in [0, 0.05) is 6.04 Å². The minimum absolute atomic E-state index is 0.0673. The third-order valence-corrected chi connectivity index (χ3v) is 3.96. The highest BCUT2D eigenvalue weighted by atomic mass is 19.1. The van der Waals surface area contributed by atoms with E-state index < -0.39 is 17.5 Å². The van der Waals surface area contributed by atoms with E-state index in [4.69, 9.17) is 0 Å². The summed E-state index contributed by atoms with van der Waals surface area (Å²) in [4.78, 5) is 11.8. The molecule has 3 nitrogen and oxygen atoms in total. The van der Waals surface area contributed by atoms with Crippen LogP contribution >= 0.6 is 0 Å². The van der Waals surface area contributed by atoms with Crippen LogP contribution in [-0.4, -0.2) is 18.5 Å². The number of amides is 1. The van der Waals surface area contributed by atoms with E-state index in [0.29, 0.717) is 17.9 Å². The summed E-state index contributed by atoms with van der Waals surface area (Å²) >= 11 is 0. The summed E-state index contributed by atoms with van der Waals surface area (Å²) in [6, 6.07) is 3.80. The van der Waals surface area contributed by atoms with Gasteiger partial charge in [0.1, 0.15) is 17.3 Å². The average molecular weight is 296 g/mol. The van der Waals surface area contributed by atoms with Crippen LogP contribution in [0.2, 0.25) is 0 Å². The zero-order valence-electron chi connectivity index (χ0n) is 12.5. The van der Waals surface area contributed by atoms with Crippen molar-refractivity contribution in [3.05, 3.63) is 29.8 Å². The number of hydrogen-bond acceptors (Lipinski definition) is 2. The molecule has 1 amide bonds. The predicted octanol–water partition coefficient (Wildman–Crippen LogP) is 3.32. The van der Waals surface area contributed by atoms with Gasteiger partial charge in [0.05, 0.1) is 6.54 Å². The summed E-state index contributed by atoms with van der Waals surface area (Å²) in [7, 11) is 0. The maximum atomic E-state index is 13.4. The van der Waals surface area contributed by atoms with Crippen molar-refractivity contribution < 1.29 is 13.6 Å². The molecule has 21 heavy (non-hydrogen) atoms. The minimum atomic E-state index is -0.761. The number of rotatable bonds is 4. The van der Waals surface area contributed by atoms with Gasteiger partial charge in [-0.3, -0.25) is 4.79 Å². The number of carbonyl (C=O) groups is 1. The Morgan fingerprint density at radius 2 is 1.71 bits per heavy atom. The molecule has 1 saturated carbocycles. The lowest BCUT2D eigenvalue weighted by Crippen LogP contribution is -2.40. The van der Waals surface area contributed by atoms with Crippen molar-refractivity contribution in [1.82, 2.24) is 5.32 Å². The van der Waals surface area contributed by atoms with Gasteiger partial charge in [-0.15, -0.1) is 0 Å². The highest BCUT2D eigenvalue weighted by Gasteiger charge is 2.24. The molecule has 1 aliphatic rings. The van der Waals surface area contributed by atoms with Crippen LogP contribution in [0.25, 0.3) is 0 Å². The molecule has 0 bridgehead atoms. The first kappa shape index (κ1) is 15.9. The number of benzene rings is 1. The quantitative estimate of drug-likeness (QED) is 0.895. The molecule has 5 heteroatoms. The second-order valence-electron chi connectivity index (χ2n) is 6.14. The van der Waals surface area contributed by atoms with Crippen LogP contribution in [0.15, 0.2) is 18.2 Å². The molecule has 0 saturated heterocycles. The Balaban J connectivity index is 1.85. The fraction of sp³-hybridized carbons (Fsp3) is 0.562. The molecule has 0 radical (unpaired) electrons. The maximum absolute atomic E-state index is 13.4. The van der Waals surface area contributed by atoms with Gasteiger partial charge in [0.25, 0.3) is 0 Å². The van der Waals surface area contributed by atoms with Crippen LogP contribution in [0.5, 0.6) is 0 Å². The molecule has 0 aliphatic heterocycles. The van der Waals surface area contributed by atoms with E-state index in [0.717, 1.165) is 25.0 Å². The number of carbonyl (C=O) groups excluding carboxylic acids is 1. The molecule has 2 unspecified atom stereocenters. The Morgan fingerprint density at radius 1 is 1.14 bits per heavy atom. The smallest absolute Gasteiger partial charge is 0.238 e. The van der Waals surface area contributed by atoms with Gasteiger partial charge in [-0.2, -0.15) is 0 Å². The van der Waals surface area contributed by atoms with E-state index in [2.05, 4.69) is 24.5 Å². The van der Waals surface area contributed by atoms with Gasteiger partial charge in [0.2, 0.25) is 5.91 Å². The van der Waals surface area contributed by atoms with Gasteiger partial charge in [-0.25, -0.2) is 8.78 Å². The highest BCUT2D eigenvalue weighted by Crippen LogP contribution is 2.28. The van der Waals surface area contributed by atoms with E-state index in [-0.39, 0.29) is 12.2 Å². The Morgan fingerprint density at radius 3 is 2.29 bits per heavy atom. The van der Waals surface area contributed by atoms with Crippen LogP contribution in [-0.2, 0) is 4.79 Å². The first-order valence-electron chi connectivity index (χ1n) is 7.43. The lowest BCUT2D eigenvalue weighted by molar-refractivity contribution is -0.115. The van der Waals surface area contributed by atoms with Gasteiger partial charge in [-0.05, 0) is 43.2 Å². The lowest BCUT2D eigenvalue weighted by Gasteiger charge is -2.31. The molecule has 1 aliphatic carbocycles. The van der Waals surface area contributed by atoms with Crippen LogP contribution in [0.3, 0.4) is 0 Å². The second kappa shape index (κ2) is 6.98. The molecular formula is C16H22F2N2O. The number of nitrogens with one attached hydrogen (secondary N) is 2. The van der Waals surface area contributed by atoms with Crippen LogP contribution in [0, 0.1) is 23.5 Å². The Bertz CT molecular complexity index is 477. The molecule has 2 rings (SSSR count). The highest BCUT2D eigenvalue weighted by molar-refractivity contribution is 5.92. The molecule has 0 heterocycles. The van der Waals surface area contributed by atoms with Crippen molar-refractivity contribution in [3.63, 3.8) is 0 Å². The van der Waals surface area contributed by atoms with E-state index in [1.165, 1.54) is 12.5 Å². The third-order valence-electron chi connectivity index (χ3n) is 3.96. The summed E-state index contributed by atoms with van der Waals surface area (Å²) in [6.07, 6.45) is 3.28. The lowest BCUT2D eigenvalue weighted by atomic mass is 9.80. The van der Waals surface area contributed by atoms with E-state index in [1.807, 2.05) is 0 Å². The van der Waals surface area contributed by atoms with Crippen molar-refractivity contribution in [2.45, 2.75) is 39.2 Å². The summed E-state index contributed by atoms with van der Waals surface area (Å²) < 4.78 is 26.9. The number of anilines is 1. The largest absolute Gasteiger partial charge is 0.320 e. The topological polar surface area (TPSA) is 41.1 Å².